The predicted octanol–water partition coefficient (Wildman–Crippen LogP) is 1.66. The number of amides is 1. The molecule has 0 fully saturated rings. The number of anilines is 2. The van der Waals surface area contributed by atoms with Gasteiger partial charge in [0.2, 0.25) is 5.91 Å². The fraction of sp³-hybridized carbons (Fsp3) is 0.462. The van der Waals surface area contributed by atoms with Gasteiger partial charge < -0.3 is 10.6 Å². The van der Waals surface area contributed by atoms with Crippen molar-refractivity contribution >= 4 is 33.8 Å². The van der Waals surface area contributed by atoms with Gasteiger partial charge in [-0.2, -0.15) is 0 Å². The largest absolute Gasteiger partial charge is 0.377 e. The zero-order chi connectivity index (χ0) is 15.6. The van der Waals surface area contributed by atoms with Crippen molar-refractivity contribution in [1.82, 2.24) is 0 Å². The molecule has 7 nitrogen and oxygen atoms in total. The molecule has 0 aliphatic carbocycles. The summed E-state index contributed by atoms with van der Waals surface area (Å²) in [6.07, 6.45) is 2.44. The van der Waals surface area contributed by atoms with E-state index in [1.165, 1.54) is 6.07 Å². The van der Waals surface area contributed by atoms with Crippen molar-refractivity contribution in [2.75, 3.05) is 22.6 Å². The number of nitrogens with zero attached hydrogens (tertiary/aromatic N) is 1. The zero-order valence-electron chi connectivity index (χ0n) is 11.8. The van der Waals surface area contributed by atoms with Gasteiger partial charge in [-0.05, 0) is 25.0 Å². The summed E-state index contributed by atoms with van der Waals surface area (Å²) in [4.78, 5) is 22.1. The highest BCUT2D eigenvalue weighted by Crippen LogP contribution is 2.34. The molecule has 2 atom stereocenters. The molecule has 2 N–H and O–H groups in total. The minimum absolute atomic E-state index is 0.0466. The van der Waals surface area contributed by atoms with Crippen LogP contribution in [0.3, 0.4) is 0 Å². The number of hydrogen-bond donors (Lipinski definition) is 2. The first-order chi connectivity index (χ1) is 9.86. The van der Waals surface area contributed by atoms with Crippen LogP contribution < -0.4 is 10.6 Å². The summed E-state index contributed by atoms with van der Waals surface area (Å²) in [5.41, 5.74) is 1.57. The lowest BCUT2D eigenvalue weighted by molar-refractivity contribution is -0.384. The predicted molar refractivity (Wildman–Crippen MR) is 82.1 cm³/mol. The first kappa shape index (κ1) is 15.4. The first-order valence-corrected chi connectivity index (χ1v) is 8.27. The van der Waals surface area contributed by atoms with E-state index in [0.717, 1.165) is 0 Å². The van der Waals surface area contributed by atoms with E-state index in [9.17, 15) is 19.1 Å². The molecule has 21 heavy (non-hydrogen) atoms. The molecule has 8 heteroatoms. The molecule has 1 aliphatic heterocycles. The molecule has 2 rings (SSSR count). The van der Waals surface area contributed by atoms with Crippen LogP contribution in [0.5, 0.6) is 0 Å². The Bertz CT molecular complexity index is 618. The minimum Gasteiger partial charge on any atom is -0.377 e. The Labute approximate surface area is 124 Å². The highest BCUT2D eigenvalue weighted by molar-refractivity contribution is 7.84. The van der Waals surface area contributed by atoms with Crippen molar-refractivity contribution in [3.8, 4) is 0 Å². The molecule has 0 radical (unpaired) electrons. The maximum absolute atomic E-state index is 11.4. The Morgan fingerprint density at radius 2 is 2.24 bits per heavy atom. The summed E-state index contributed by atoms with van der Waals surface area (Å²) in [5, 5.41) is 16.9. The summed E-state index contributed by atoms with van der Waals surface area (Å²) in [7, 11) is -0.894. The fourth-order valence-corrected chi connectivity index (χ4v) is 2.89. The van der Waals surface area contributed by atoms with E-state index in [1.807, 2.05) is 6.92 Å². The number of nitro benzene ring substituents is 1. The van der Waals surface area contributed by atoms with Crippen LogP contribution in [-0.2, 0) is 22.0 Å². The molecule has 0 spiro atoms. The second-order valence-electron chi connectivity index (χ2n) is 5.12. The molecule has 114 valence electrons. The van der Waals surface area contributed by atoms with E-state index >= 15 is 0 Å². The van der Waals surface area contributed by atoms with Crippen LogP contribution in [0.1, 0.15) is 18.9 Å². The van der Waals surface area contributed by atoms with E-state index in [4.69, 9.17) is 0 Å². The summed E-state index contributed by atoms with van der Waals surface area (Å²) in [6.45, 7) is 1.88. The van der Waals surface area contributed by atoms with E-state index in [2.05, 4.69) is 10.6 Å². The smallest absolute Gasteiger partial charge is 0.292 e. The SMILES string of the molecule is CC(CCS(C)=O)Nc1cc2c(cc1[N+](=O)[O-])CC(=O)N2. The normalized spacial score (nSPS) is 16.0. The minimum atomic E-state index is -0.894. The first-order valence-electron chi connectivity index (χ1n) is 6.54. The maximum Gasteiger partial charge on any atom is 0.292 e. The Balaban J connectivity index is 2.22. The average molecular weight is 311 g/mol. The number of nitro groups is 1. The average Bonchev–Trinajstić information content (AvgIpc) is 2.74. The molecular formula is C13H17N3O4S. The topological polar surface area (TPSA) is 101 Å². The summed E-state index contributed by atoms with van der Waals surface area (Å²) < 4.78 is 11.1. The third kappa shape index (κ3) is 3.78. The van der Waals surface area contributed by atoms with E-state index < -0.39 is 15.7 Å². The Morgan fingerprint density at radius 3 is 2.86 bits per heavy atom. The fourth-order valence-electron chi connectivity index (χ4n) is 2.21. The highest BCUT2D eigenvalue weighted by Gasteiger charge is 2.25. The summed E-state index contributed by atoms with van der Waals surface area (Å²) in [6, 6.07) is 2.97. The van der Waals surface area contributed by atoms with Crippen LogP contribution in [0.15, 0.2) is 12.1 Å². The van der Waals surface area contributed by atoms with Crippen molar-refractivity contribution in [2.24, 2.45) is 0 Å². The van der Waals surface area contributed by atoms with E-state index in [-0.39, 0.29) is 24.1 Å². The van der Waals surface area contributed by atoms with Gasteiger partial charge in [0.1, 0.15) is 5.69 Å². The summed E-state index contributed by atoms with van der Waals surface area (Å²) >= 11 is 0. The second-order valence-corrected chi connectivity index (χ2v) is 6.67. The van der Waals surface area contributed by atoms with Crippen molar-refractivity contribution in [3.05, 3.63) is 27.8 Å². The van der Waals surface area contributed by atoms with Gasteiger partial charge in [-0.15, -0.1) is 0 Å². The molecule has 1 amide bonds. The lowest BCUT2D eigenvalue weighted by Crippen LogP contribution is -2.18. The van der Waals surface area contributed by atoms with Crippen molar-refractivity contribution in [3.63, 3.8) is 0 Å². The molecular weight excluding hydrogens is 294 g/mol. The maximum atomic E-state index is 11.4. The number of rotatable bonds is 6. The van der Waals surface area contributed by atoms with Crippen LogP contribution in [0.4, 0.5) is 17.1 Å². The molecule has 0 saturated heterocycles. The third-order valence-corrected chi connectivity index (χ3v) is 4.09. The number of hydrogen-bond acceptors (Lipinski definition) is 5. The van der Waals surface area contributed by atoms with Crippen molar-refractivity contribution < 1.29 is 13.9 Å². The third-order valence-electron chi connectivity index (χ3n) is 3.28. The Kier molecular flexibility index (Phi) is 4.56. The van der Waals surface area contributed by atoms with Crippen molar-refractivity contribution in [1.29, 1.82) is 0 Å². The lowest BCUT2D eigenvalue weighted by Gasteiger charge is -2.15. The molecule has 0 saturated carbocycles. The molecule has 1 aromatic carbocycles. The van der Waals surface area contributed by atoms with Gasteiger partial charge in [0.05, 0.1) is 11.3 Å². The molecule has 1 aromatic rings. The molecule has 0 bridgehead atoms. The van der Waals surface area contributed by atoms with E-state index in [0.29, 0.717) is 29.1 Å². The van der Waals surface area contributed by atoms with Crippen LogP contribution >= 0.6 is 0 Å². The number of benzene rings is 1. The quantitative estimate of drug-likeness (QED) is 0.614. The van der Waals surface area contributed by atoms with Crippen LogP contribution in [-0.4, -0.2) is 33.1 Å². The van der Waals surface area contributed by atoms with Gasteiger partial charge >= 0.3 is 0 Å². The van der Waals surface area contributed by atoms with Gasteiger partial charge in [-0.1, -0.05) is 0 Å². The molecule has 1 aliphatic rings. The van der Waals surface area contributed by atoms with Gasteiger partial charge in [0.15, 0.2) is 0 Å². The highest BCUT2D eigenvalue weighted by atomic mass is 32.2. The van der Waals surface area contributed by atoms with Crippen molar-refractivity contribution in [2.45, 2.75) is 25.8 Å². The zero-order valence-corrected chi connectivity index (χ0v) is 12.7. The molecule has 1 heterocycles. The van der Waals surface area contributed by atoms with Gasteiger partial charge in [0.25, 0.3) is 5.69 Å². The lowest BCUT2D eigenvalue weighted by atomic mass is 10.1. The molecule has 2 unspecified atom stereocenters. The number of carbonyl (C=O) groups excluding carboxylic acids is 1. The van der Waals surface area contributed by atoms with E-state index in [1.54, 1.807) is 12.3 Å². The van der Waals surface area contributed by atoms with Gasteiger partial charge in [-0.3, -0.25) is 19.1 Å². The summed E-state index contributed by atoms with van der Waals surface area (Å²) in [5.74, 6) is 0.370. The second kappa shape index (κ2) is 6.21. The monoisotopic (exact) mass is 311 g/mol. The number of nitrogens with one attached hydrogen (secondary N) is 2. The Morgan fingerprint density at radius 1 is 1.52 bits per heavy atom. The van der Waals surface area contributed by atoms with Crippen LogP contribution in [0.25, 0.3) is 0 Å². The van der Waals surface area contributed by atoms with Crippen LogP contribution in [0.2, 0.25) is 0 Å². The van der Waals surface area contributed by atoms with Gasteiger partial charge in [0, 0.05) is 40.6 Å². The Hall–Kier alpha value is -1.96. The van der Waals surface area contributed by atoms with Gasteiger partial charge in [-0.25, -0.2) is 0 Å². The van der Waals surface area contributed by atoms with Crippen LogP contribution in [0, 0.1) is 10.1 Å². The standard InChI is InChI=1S/C13H17N3O4S/c1-8(3-4-21(2)20)14-11-7-10-9(6-13(17)15-10)5-12(11)16(18)19/h5,7-8,14H,3-4,6H2,1-2H3,(H,15,17). The molecule has 0 aromatic heterocycles. The number of fused-ring (bicyclic) bond motifs is 1. The number of carbonyl (C=O) groups is 1.